The third-order valence-electron chi connectivity index (χ3n) is 3.64. The van der Waals surface area contributed by atoms with Crippen LogP contribution in [0, 0.1) is 27.7 Å². The summed E-state index contributed by atoms with van der Waals surface area (Å²) < 4.78 is 0. The summed E-state index contributed by atoms with van der Waals surface area (Å²) in [6.45, 7) is 11.8. The molecule has 2 heteroatoms. The average Bonchev–Trinajstić information content (AvgIpc) is 2.32. The first-order valence-electron chi connectivity index (χ1n) is 6.80. The summed E-state index contributed by atoms with van der Waals surface area (Å²) in [4.78, 5) is 12.3. The second kappa shape index (κ2) is 6.69. The summed E-state index contributed by atoms with van der Waals surface area (Å²) in [5.74, 6) is 0.216. The van der Waals surface area contributed by atoms with E-state index in [2.05, 4.69) is 32.2 Å². The van der Waals surface area contributed by atoms with Crippen molar-refractivity contribution in [3.63, 3.8) is 0 Å². The van der Waals surface area contributed by atoms with Gasteiger partial charge in [0.2, 0.25) is 0 Å². The maximum Gasteiger partial charge on any atom is 0.177 e. The SMILES string of the molecule is CCCCNCC(=O)c1c(C)c(C)cc(C)c1C. The Balaban J connectivity index is 2.85. The van der Waals surface area contributed by atoms with Crippen LogP contribution in [0.2, 0.25) is 0 Å². The van der Waals surface area contributed by atoms with E-state index < -0.39 is 0 Å². The van der Waals surface area contributed by atoms with Crippen molar-refractivity contribution >= 4 is 5.78 Å². The van der Waals surface area contributed by atoms with E-state index in [-0.39, 0.29) is 5.78 Å². The molecule has 0 bridgehead atoms. The number of carbonyl (C=O) groups excluding carboxylic acids is 1. The van der Waals surface area contributed by atoms with Crippen LogP contribution in [-0.4, -0.2) is 18.9 Å². The lowest BCUT2D eigenvalue weighted by Crippen LogP contribution is -2.25. The molecule has 0 unspecified atom stereocenters. The largest absolute Gasteiger partial charge is 0.310 e. The molecule has 0 fully saturated rings. The number of hydrogen-bond acceptors (Lipinski definition) is 2. The Hall–Kier alpha value is -1.15. The zero-order valence-electron chi connectivity index (χ0n) is 12.3. The topological polar surface area (TPSA) is 29.1 Å². The zero-order chi connectivity index (χ0) is 13.7. The highest BCUT2D eigenvalue weighted by molar-refractivity contribution is 6.00. The van der Waals surface area contributed by atoms with Gasteiger partial charge < -0.3 is 5.32 Å². The molecular formula is C16H25NO. The van der Waals surface area contributed by atoms with Crippen molar-refractivity contribution in [3.8, 4) is 0 Å². The molecule has 0 saturated heterocycles. The van der Waals surface area contributed by atoms with Gasteiger partial charge in [-0.25, -0.2) is 0 Å². The molecule has 0 spiro atoms. The minimum absolute atomic E-state index is 0.216. The van der Waals surface area contributed by atoms with E-state index >= 15 is 0 Å². The molecule has 1 rings (SSSR count). The van der Waals surface area contributed by atoms with Gasteiger partial charge in [-0.3, -0.25) is 4.79 Å². The molecular weight excluding hydrogens is 222 g/mol. The molecule has 100 valence electrons. The predicted molar refractivity (Wildman–Crippen MR) is 77.5 cm³/mol. The van der Waals surface area contributed by atoms with Gasteiger partial charge in [0, 0.05) is 5.56 Å². The fraction of sp³-hybridized carbons (Fsp3) is 0.562. The van der Waals surface area contributed by atoms with Gasteiger partial charge in [0.25, 0.3) is 0 Å². The number of unbranched alkanes of at least 4 members (excludes halogenated alkanes) is 1. The monoisotopic (exact) mass is 247 g/mol. The van der Waals surface area contributed by atoms with Gasteiger partial charge in [0.05, 0.1) is 6.54 Å². The van der Waals surface area contributed by atoms with E-state index in [1.54, 1.807) is 0 Å². The Morgan fingerprint density at radius 3 is 2.17 bits per heavy atom. The lowest BCUT2D eigenvalue weighted by Gasteiger charge is -2.14. The molecule has 0 aliphatic carbocycles. The smallest absolute Gasteiger partial charge is 0.177 e. The summed E-state index contributed by atoms with van der Waals surface area (Å²) >= 11 is 0. The van der Waals surface area contributed by atoms with Crippen molar-refractivity contribution < 1.29 is 4.79 Å². The van der Waals surface area contributed by atoms with Gasteiger partial charge >= 0.3 is 0 Å². The second-order valence-electron chi connectivity index (χ2n) is 5.09. The molecule has 1 aromatic carbocycles. The van der Waals surface area contributed by atoms with Crippen LogP contribution in [0.4, 0.5) is 0 Å². The highest BCUT2D eigenvalue weighted by atomic mass is 16.1. The molecule has 0 radical (unpaired) electrons. The van der Waals surface area contributed by atoms with Crippen molar-refractivity contribution in [2.24, 2.45) is 0 Å². The summed E-state index contributed by atoms with van der Waals surface area (Å²) in [5, 5.41) is 3.23. The fourth-order valence-electron chi connectivity index (χ4n) is 2.23. The number of aryl methyl sites for hydroxylation is 2. The zero-order valence-corrected chi connectivity index (χ0v) is 12.3. The quantitative estimate of drug-likeness (QED) is 0.616. The maximum absolute atomic E-state index is 12.3. The Labute approximate surface area is 111 Å². The Morgan fingerprint density at radius 1 is 1.11 bits per heavy atom. The third kappa shape index (κ3) is 3.42. The average molecular weight is 247 g/mol. The minimum Gasteiger partial charge on any atom is -0.310 e. The van der Waals surface area contributed by atoms with Crippen LogP contribution in [0.3, 0.4) is 0 Å². The molecule has 0 atom stereocenters. The minimum atomic E-state index is 0.216. The molecule has 0 saturated carbocycles. The van der Waals surface area contributed by atoms with E-state index in [1.165, 1.54) is 11.1 Å². The molecule has 0 heterocycles. The lowest BCUT2D eigenvalue weighted by molar-refractivity contribution is 0.0990. The third-order valence-corrected chi connectivity index (χ3v) is 3.64. The Morgan fingerprint density at radius 2 is 1.67 bits per heavy atom. The lowest BCUT2D eigenvalue weighted by atomic mass is 9.91. The van der Waals surface area contributed by atoms with Crippen LogP contribution in [0.5, 0.6) is 0 Å². The molecule has 0 aliphatic rings. The van der Waals surface area contributed by atoms with Crippen molar-refractivity contribution in [3.05, 3.63) is 33.9 Å². The normalized spacial score (nSPS) is 10.7. The summed E-state index contributed by atoms with van der Waals surface area (Å²) in [6, 6.07) is 2.16. The molecule has 0 aromatic heterocycles. The predicted octanol–water partition coefficient (Wildman–Crippen LogP) is 3.49. The maximum atomic E-state index is 12.3. The van der Waals surface area contributed by atoms with Crippen LogP contribution in [-0.2, 0) is 0 Å². The molecule has 0 amide bonds. The molecule has 0 aliphatic heterocycles. The van der Waals surface area contributed by atoms with Gasteiger partial charge in [-0.2, -0.15) is 0 Å². The molecule has 1 N–H and O–H groups in total. The number of nitrogens with one attached hydrogen (secondary N) is 1. The number of ketones is 1. The van der Waals surface area contributed by atoms with Crippen molar-refractivity contribution in [2.45, 2.75) is 47.5 Å². The first-order valence-corrected chi connectivity index (χ1v) is 6.80. The van der Waals surface area contributed by atoms with Crippen molar-refractivity contribution in [1.29, 1.82) is 0 Å². The molecule has 18 heavy (non-hydrogen) atoms. The van der Waals surface area contributed by atoms with Crippen LogP contribution in [0.1, 0.15) is 52.4 Å². The number of Topliss-reactive ketones (excluding diaryl/α,β-unsaturated/α-hetero) is 1. The standard InChI is InChI=1S/C16H25NO/c1-6-7-8-17-10-15(18)16-13(4)11(2)9-12(3)14(16)5/h9,17H,6-8,10H2,1-5H3. The number of hydrogen-bond donors (Lipinski definition) is 1. The van der Waals surface area contributed by atoms with Gasteiger partial charge in [0.1, 0.15) is 0 Å². The number of carbonyl (C=O) groups is 1. The first-order chi connectivity index (χ1) is 8.49. The van der Waals surface area contributed by atoms with Crippen LogP contribution in [0.15, 0.2) is 6.07 Å². The van der Waals surface area contributed by atoms with Crippen LogP contribution < -0.4 is 5.32 Å². The van der Waals surface area contributed by atoms with Gasteiger partial charge in [-0.05, 0) is 62.9 Å². The van der Waals surface area contributed by atoms with Gasteiger partial charge in [-0.1, -0.05) is 19.4 Å². The first kappa shape index (κ1) is 14.9. The van der Waals surface area contributed by atoms with Crippen molar-refractivity contribution in [2.75, 3.05) is 13.1 Å². The summed E-state index contributed by atoms with van der Waals surface area (Å²) in [5.41, 5.74) is 5.57. The van der Waals surface area contributed by atoms with E-state index in [9.17, 15) is 4.79 Å². The van der Waals surface area contributed by atoms with Gasteiger partial charge in [0.15, 0.2) is 5.78 Å². The van der Waals surface area contributed by atoms with Crippen molar-refractivity contribution in [1.82, 2.24) is 5.32 Å². The van der Waals surface area contributed by atoms with Gasteiger partial charge in [-0.15, -0.1) is 0 Å². The summed E-state index contributed by atoms with van der Waals surface area (Å²) in [7, 11) is 0. The second-order valence-corrected chi connectivity index (χ2v) is 5.09. The van der Waals surface area contributed by atoms with E-state index in [0.717, 1.165) is 36.1 Å². The van der Waals surface area contributed by atoms with E-state index in [1.807, 2.05) is 13.8 Å². The Kier molecular flexibility index (Phi) is 5.54. The number of rotatable bonds is 6. The highest BCUT2D eigenvalue weighted by Gasteiger charge is 2.15. The highest BCUT2D eigenvalue weighted by Crippen LogP contribution is 2.21. The van der Waals surface area contributed by atoms with E-state index in [0.29, 0.717) is 6.54 Å². The Bertz CT molecular complexity index is 409. The molecule has 2 nitrogen and oxygen atoms in total. The molecule has 1 aromatic rings. The van der Waals surface area contributed by atoms with Crippen LogP contribution >= 0.6 is 0 Å². The fourth-order valence-corrected chi connectivity index (χ4v) is 2.23. The summed E-state index contributed by atoms with van der Waals surface area (Å²) in [6.07, 6.45) is 2.28. The number of benzene rings is 1. The van der Waals surface area contributed by atoms with Crippen LogP contribution in [0.25, 0.3) is 0 Å². The van der Waals surface area contributed by atoms with E-state index in [4.69, 9.17) is 0 Å².